The Kier molecular flexibility index (Phi) is 3.59. The lowest BCUT2D eigenvalue weighted by atomic mass is 10.1. The maximum Gasteiger partial charge on any atom is 0.105 e. The summed E-state index contributed by atoms with van der Waals surface area (Å²) in [7, 11) is 0. The van der Waals surface area contributed by atoms with Gasteiger partial charge in [-0.15, -0.1) is 0 Å². The van der Waals surface area contributed by atoms with Crippen LogP contribution < -0.4 is 11.1 Å². The van der Waals surface area contributed by atoms with Crippen LogP contribution in [0.5, 0.6) is 0 Å². The van der Waals surface area contributed by atoms with Gasteiger partial charge in [0.15, 0.2) is 0 Å². The maximum atomic E-state index is 5.78. The minimum absolute atomic E-state index is 0.266. The third kappa shape index (κ3) is 3.22. The first kappa shape index (κ1) is 10.5. The number of hydrogen-bond acceptors (Lipinski definition) is 3. The Bertz CT molecular complexity index is 305. The zero-order chi connectivity index (χ0) is 10.5. The standard InChI is InChI=1S/C12H18N2O/c13-11-4-3-10(8-11)9-14-6-5-12-2-1-7-15-12/h1-4,7,10-11,14H,5-6,8-9,13H2. The fraction of sp³-hybridized carbons (Fsp3) is 0.500. The number of rotatable bonds is 5. The summed E-state index contributed by atoms with van der Waals surface area (Å²) >= 11 is 0. The van der Waals surface area contributed by atoms with E-state index in [1.165, 1.54) is 0 Å². The topological polar surface area (TPSA) is 51.2 Å². The number of hydrogen-bond donors (Lipinski definition) is 2. The quantitative estimate of drug-likeness (QED) is 0.564. The van der Waals surface area contributed by atoms with E-state index >= 15 is 0 Å². The van der Waals surface area contributed by atoms with Crippen molar-refractivity contribution < 1.29 is 4.42 Å². The molecule has 0 saturated carbocycles. The molecule has 0 radical (unpaired) electrons. The summed E-state index contributed by atoms with van der Waals surface area (Å²) in [5, 5.41) is 3.42. The van der Waals surface area contributed by atoms with Crippen LogP contribution in [0.2, 0.25) is 0 Å². The molecule has 0 amide bonds. The third-order valence-electron chi connectivity index (χ3n) is 2.74. The minimum Gasteiger partial charge on any atom is -0.469 e. The van der Waals surface area contributed by atoms with Crippen LogP contribution in [0.4, 0.5) is 0 Å². The first-order valence-electron chi connectivity index (χ1n) is 5.51. The van der Waals surface area contributed by atoms with Crippen molar-refractivity contribution in [2.24, 2.45) is 11.7 Å². The lowest BCUT2D eigenvalue weighted by Crippen LogP contribution is -2.25. The summed E-state index contributed by atoms with van der Waals surface area (Å²) < 4.78 is 5.25. The second-order valence-electron chi connectivity index (χ2n) is 4.08. The molecule has 1 aromatic rings. The maximum absolute atomic E-state index is 5.78. The Hall–Kier alpha value is -1.06. The molecule has 0 aromatic carbocycles. The predicted octanol–water partition coefficient (Wildman–Crippen LogP) is 1.32. The molecule has 1 aromatic heterocycles. The van der Waals surface area contributed by atoms with Crippen molar-refractivity contribution in [3.63, 3.8) is 0 Å². The number of nitrogens with two attached hydrogens (primary N) is 1. The fourth-order valence-electron chi connectivity index (χ4n) is 1.91. The molecule has 2 unspecified atom stereocenters. The molecule has 3 nitrogen and oxygen atoms in total. The average molecular weight is 206 g/mol. The van der Waals surface area contributed by atoms with E-state index in [0.29, 0.717) is 5.92 Å². The third-order valence-corrected chi connectivity index (χ3v) is 2.74. The van der Waals surface area contributed by atoms with E-state index in [0.717, 1.165) is 31.7 Å². The summed E-state index contributed by atoms with van der Waals surface area (Å²) in [6.45, 7) is 1.98. The van der Waals surface area contributed by atoms with Crippen molar-refractivity contribution in [2.45, 2.75) is 18.9 Å². The highest BCUT2D eigenvalue weighted by Gasteiger charge is 2.14. The van der Waals surface area contributed by atoms with Crippen molar-refractivity contribution in [1.82, 2.24) is 5.32 Å². The highest BCUT2D eigenvalue weighted by Crippen LogP contribution is 2.14. The normalized spacial score (nSPS) is 24.9. The van der Waals surface area contributed by atoms with Crippen LogP contribution in [0.1, 0.15) is 12.2 Å². The highest BCUT2D eigenvalue weighted by atomic mass is 16.3. The molecule has 15 heavy (non-hydrogen) atoms. The van der Waals surface area contributed by atoms with Gasteiger partial charge in [0.05, 0.1) is 6.26 Å². The molecule has 2 atom stereocenters. The van der Waals surface area contributed by atoms with E-state index in [1.54, 1.807) is 6.26 Å². The van der Waals surface area contributed by atoms with Gasteiger partial charge in [0, 0.05) is 25.6 Å². The molecule has 0 fully saturated rings. The van der Waals surface area contributed by atoms with E-state index in [4.69, 9.17) is 10.2 Å². The summed E-state index contributed by atoms with van der Waals surface area (Å²) in [6.07, 6.45) is 8.06. The first-order chi connectivity index (χ1) is 7.34. The van der Waals surface area contributed by atoms with Gasteiger partial charge >= 0.3 is 0 Å². The van der Waals surface area contributed by atoms with E-state index < -0.39 is 0 Å². The van der Waals surface area contributed by atoms with Crippen molar-refractivity contribution in [1.29, 1.82) is 0 Å². The summed E-state index contributed by atoms with van der Waals surface area (Å²) in [5.74, 6) is 1.65. The largest absolute Gasteiger partial charge is 0.469 e. The van der Waals surface area contributed by atoms with Crippen molar-refractivity contribution in [2.75, 3.05) is 13.1 Å². The summed E-state index contributed by atoms with van der Waals surface area (Å²) in [4.78, 5) is 0. The molecule has 0 saturated heterocycles. The molecule has 82 valence electrons. The Morgan fingerprint density at radius 2 is 2.40 bits per heavy atom. The molecular weight excluding hydrogens is 188 g/mol. The second-order valence-corrected chi connectivity index (χ2v) is 4.08. The van der Waals surface area contributed by atoms with Gasteiger partial charge in [-0.05, 0) is 24.5 Å². The molecule has 0 bridgehead atoms. The number of nitrogens with one attached hydrogen (secondary N) is 1. The molecule has 3 N–H and O–H groups in total. The Balaban J connectivity index is 1.58. The van der Waals surface area contributed by atoms with Crippen molar-refractivity contribution >= 4 is 0 Å². The van der Waals surface area contributed by atoms with Gasteiger partial charge in [-0.2, -0.15) is 0 Å². The zero-order valence-electron chi connectivity index (χ0n) is 8.86. The van der Waals surface area contributed by atoms with Gasteiger partial charge in [0.2, 0.25) is 0 Å². The van der Waals surface area contributed by atoms with Crippen LogP contribution in [-0.4, -0.2) is 19.1 Å². The fourth-order valence-corrected chi connectivity index (χ4v) is 1.91. The SMILES string of the molecule is NC1C=CC(CNCCc2ccco2)C1. The van der Waals surface area contributed by atoms with Gasteiger partial charge in [0.25, 0.3) is 0 Å². The first-order valence-corrected chi connectivity index (χ1v) is 5.51. The van der Waals surface area contributed by atoms with E-state index in [9.17, 15) is 0 Å². The molecule has 0 spiro atoms. The lowest BCUT2D eigenvalue weighted by molar-refractivity contribution is 0.483. The number of furan rings is 1. The molecule has 1 aliphatic carbocycles. The highest BCUT2D eigenvalue weighted by molar-refractivity contribution is 5.05. The second kappa shape index (κ2) is 5.14. The Labute approximate surface area is 90.3 Å². The minimum atomic E-state index is 0.266. The van der Waals surface area contributed by atoms with E-state index in [2.05, 4.69) is 17.5 Å². The molecule has 3 heteroatoms. The summed E-state index contributed by atoms with van der Waals surface area (Å²) in [5.41, 5.74) is 5.78. The van der Waals surface area contributed by atoms with Crippen LogP contribution in [0.15, 0.2) is 35.0 Å². The molecule has 2 rings (SSSR count). The zero-order valence-corrected chi connectivity index (χ0v) is 8.86. The molecule has 1 heterocycles. The van der Waals surface area contributed by atoms with E-state index in [1.807, 2.05) is 12.1 Å². The van der Waals surface area contributed by atoms with Crippen LogP contribution in [0.25, 0.3) is 0 Å². The van der Waals surface area contributed by atoms with E-state index in [-0.39, 0.29) is 6.04 Å². The Morgan fingerprint density at radius 1 is 1.47 bits per heavy atom. The van der Waals surface area contributed by atoms with Gasteiger partial charge < -0.3 is 15.5 Å². The van der Waals surface area contributed by atoms with Crippen LogP contribution >= 0.6 is 0 Å². The van der Waals surface area contributed by atoms with Crippen molar-refractivity contribution in [3.05, 3.63) is 36.3 Å². The smallest absolute Gasteiger partial charge is 0.105 e. The van der Waals surface area contributed by atoms with Crippen molar-refractivity contribution in [3.8, 4) is 0 Å². The van der Waals surface area contributed by atoms with Gasteiger partial charge in [-0.1, -0.05) is 12.2 Å². The average Bonchev–Trinajstić information content (AvgIpc) is 2.84. The molecule has 1 aliphatic rings. The van der Waals surface area contributed by atoms with Gasteiger partial charge in [-0.3, -0.25) is 0 Å². The van der Waals surface area contributed by atoms with Crippen LogP contribution in [0.3, 0.4) is 0 Å². The monoisotopic (exact) mass is 206 g/mol. The Morgan fingerprint density at radius 3 is 3.07 bits per heavy atom. The lowest BCUT2D eigenvalue weighted by Gasteiger charge is -2.09. The predicted molar refractivity (Wildman–Crippen MR) is 60.5 cm³/mol. The van der Waals surface area contributed by atoms with Crippen LogP contribution in [0, 0.1) is 5.92 Å². The van der Waals surface area contributed by atoms with Crippen LogP contribution in [-0.2, 0) is 6.42 Å². The van der Waals surface area contributed by atoms with Gasteiger partial charge in [-0.25, -0.2) is 0 Å². The molecule has 0 aliphatic heterocycles. The molecular formula is C12H18N2O. The van der Waals surface area contributed by atoms with Gasteiger partial charge in [0.1, 0.15) is 5.76 Å². The summed E-state index contributed by atoms with van der Waals surface area (Å²) in [6, 6.07) is 4.20.